The summed E-state index contributed by atoms with van der Waals surface area (Å²) in [5.41, 5.74) is 3.70. The minimum atomic E-state index is -0.353. The Balaban J connectivity index is 1.64. The summed E-state index contributed by atoms with van der Waals surface area (Å²) in [7, 11) is 3.06. The van der Waals surface area contributed by atoms with Gasteiger partial charge in [-0.25, -0.2) is 5.43 Å². The van der Waals surface area contributed by atoms with Crippen LogP contribution in [0.5, 0.6) is 23.0 Å². The van der Waals surface area contributed by atoms with Crippen molar-refractivity contribution in [2.45, 2.75) is 0 Å². The third-order valence-corrected chi connectivity index (χ3v) is 3.86. The molecule has 0 saturated heterocycles. The maximum Gasteiger partial charge on any atom is 0.271 e. The van der Waals surface area contributed by atoms with Gasteiger partial charge in [0.05, 0.1) is 20.4 Å². The predicted molar refractivity (Wildman–Crippen MR) is 108 cm³/mol. The van der Waals surface area contributed by atoms with E-state index in [2.05, 4.69) is 10.5 Å². The van der Waals surface area contributed by atoms with Crippen molar-refractivity contribution < 1.29 is 19.0 Å². The molecule has 3 aromatic carbocycles. The molecule has 0 aliphatic heterocycles. The van der Waals surface area contributed by atoms with E-state index in [9.17, 15) is 4.79 Å². The summed E-state index contributed by atoms with van der Waals surface area (Å²) in [6.07, 6.45) is 1.55. The highest BCUT2D eigenvalue weighted by Crippen LogP contribution is 2.27. The summed E-state index contributed by atoms with van der Waals surface area (Å²) in [5.74, 6) is 2.11. The number of benzene rings is 3. The van der Waals surface area contributed by atoms with Gasteiger partial charge in [-0.15, -0.1) is 0 Å². The van der Waals surface area contributed by atoms with Gasteiger partial charge in [0.15, 0.2) is 11.5 Å². The molecule has 0 bridgehead atoms. The van der Waals surface area contributed by atoms with Crippen molar-refractivity contribution in [1.82, 2.24) is 5.43 Å². The maximum absolute atomic E-state index is 12.3. The second kappa shape index (κ2) is 9.23. The van der Waals surface area contributed by atoms with E-state index < -0.39 is 0 Å². The average Bonchev–Trinajstić information content (AvgIpc) is 2.74. The van der Waals surface area contributed by atoms with Gasteiger partial charge in [0.25, 0.3) is 5.91 Å². The molecule has 3 rings (SSSR count). The molecule has 1 N–H and O–H groups in total. The van der Waals surface area contributed by atoms with Gasteiger partial charge < -0.3 is 14.2 Å². The van der Waals surface area contributed by atoms with Crippen molar-refractivity contribution in [3.63, 3.8) is 0 Å². The average molecular weight is 376 g/mol. The topological polar surface area (TPSA) is 69.2 Å². The lowest BCUT2D eigenvalue weighted by Crippen LogP contribution is -2.17. The molecule has 0 fully saturated rings. The van der Waals surface area contributed by atoms with E-state index in [1.54, 1.807) is 24.4 Å². The predicted octanol–water partition coefficient (Wildman–Crippen LogP) is 4.26. The second-order valence-corrected chi connectivity index (χ2v) is 5.76. The van der Waals surface area contributed by atoms with Crippen LogP contribution < -0.4 is 19.6 Å². The molecule has 0 unspecified atom stereocenters. The zero-order chi connectivity index (χ0) is 19.8. The molecule has 6 heteroatoms. The van der Waals surface area contributed by atoms with Crippen LogP contribution in [0.4, 0.5) is 0 Å². The van der Waals surface area contributed by atoms with Gasteiger partial charge >= 0.3 is 0 Å². The summed E-state index contributed by atoms with van der Waals surface area (Å²) >= 11 is 0. The van der Waals surface area contributed by atoms with Crippen molar-refractivity contribution in [1.29, 1.82) is 0 Å². The third kappa shape index (κ3) is 4.88. The lowest BCUT2D eigenvalue weighted by atomic mass is 10.2. The molecule has 3 aromatic rings. The third-order valence-electron chi connectivity index (χ3n) is 3.86. The molecule has 142 valence electrons. The summed E-state index contributed by atoms with van der Waals surface area (Å²) < 4.78 is 16.2. The van der Waals surface area contributed by atoms with Gasteiger partial charge in [-0.05, 0) is 48.0 Å². The summed E-state index contributed by atoms with van der Waals surface area (Å²) in [4.78, 5) is 12.3. The molecule has 0 radical (unpaired) electrons. The molecule has 0 saturated carbocycles. The van der Waals surface area contributed by atoms with Crippen molar-refractivity contribution in [2.75, 3.05) is 14.2 Å². The van der Waals surface area contributed by atoms with E-state index in [4.69, 9.17) is 14.2 Å². The van der Waals surface area contributed by atoms with Gasteiger partial charge in [0, 0.05) is 5.56 Å². The lowest BCUT2D eigenvalue weighted by Gasteiger charge is -2.08. The van der Waals surface area contributed by atoms with E-state index in [0.717, 1.165) is 11.3 Å². The van der Waals surface area contributed by atoms with E-state index in [1.807, 2.05) is 54.6 Å². The second-order valence-electron chi connectivity index (χ2n) is 5.76. The first-order valence-corrected chi connectivity index (χ1v) is 8.58. The fourth-order valence-electron chi connectivity index (χ4n) is 2.49. The quantitative estimate of drug-likeness (QED) is 0.494. The number of rotatable bonds is 7. The Kier molecular flexibility index (Phi) is 6.25. The van der Waals surface area contributed by atoms with Crippen LogP contribution in [-0.4, -0.2) is 26.3 Å². The number of amides is 1. The SMILES string of the molecule is COc1ccc(C(=O)N/N=C\c2cccc(Oc3ccccc3)c2)cc1OC. The highest BCUT2D eigenvalue weighted by Gasteiger charge is 2.10. The largest absolute Gasteiger partial charge is 0.493 e. The maximum atomic E-state index is 12.3. The lowest BCUT2D eigenvalue weighted by molar-refractivity contribution is 0.0954. The molecule has 0 atom stereocenters. The summed E-state index contributed by atoms with van der Waals surface area (Å²) in [6, 6.07) is 21.8. The first kappa shape index (κ1) is 19.0. The van der Waals surface area contributed by atoms with Gasteiger partial charge in [-0.3, -0.25) is 4.79 Å². The molecule has 0 aromatic heterocycles. The Hall–Kier alpha value is -3.80. The first-order valence-electron chi connectivity index (χ1n) is 8.58. The normalized spacial score (nSPS) is 10.5. The number of hydrogen-bond acceptors (Lipinski definition) is 5. The van der Waals surface area contributed by atoms with E-state index >= 15 is 0 Å². The van der Waals surface area contributed by atoms with Crippen LogP contribution in [-0.2, 0) is 0 Å². The number of para-hydroxylation sites is 1. The van der Waals surface area contributed by atoms with Crippen LogP contribution in [0, 0.1) is 0 Å². The number of nitrogens with one attached hydrogen (secondary N) is 1. The zero-order valence-corrected chi connectivity index (χ0v) is 15.6. The number of ether oxygens (including phenoxy) is 3. The molecule has 0 aliphatic carbocycles. The van der Waals surface area contributed by atoms with E-state index in [-0.39, 0.29) is 5.91 Å². The first-order chi connectivity index (χ1) is 13.7. The summed E-state index contributed by atoms with van der Waals surface area (Å²) in [6.45, 7) is 0. The van der Waals surface area contributed by atoms with Crippen LogP contribution in [0.1, 0.15) is 15.9 Å². The standard InChI is InChI=1S/C22H20N2O4/c1-26-20-12-11-17(14-21(20)27-2)22(25)24-23-15-16-7-6-10-19(13-16)28-18-8-4-3-5-9-18/h3-15H,1-2H3,(H,24,25)/b23-15-. The fourth-order valence-corrected chi connectivity index (χ4v) is 2.49. The van der Waals surface area contributed by atoms with Crippen LogP contribution in [0.2, 0.25) is 0 Å². The highest BCUT2D eigenvalue weighted by atomic mass is 16.5. The van der Waals surface area contributed by atoms with Crippen LogP contribution in [0.3, 0.4) is 0 Å². The number of nitrogens with zero attached hydrogens (tertiary/aromatic N) is 1. The van der Waals surface area contributed by atoms with Crippen LogP contribution in [0.25, 0.3) is 0 Å². The molecule has 28 heavy (non-hydrogen) atoms. The minimum Gasteiger partial charge on any atom is -0.493 e. The smallest absolute Gasteiger partial charge is 0.271 e. The number of hydrazone groups is 1. The molecule has 1 amide bonds. The number of methoxy groups -OCH3 is 2. The number of carbonyl (C=O) groups excluding carboxylic acids is 1. The Morgan fingerprint density at radius 1 is 0.857 bits per heavy atom. The minimum absolute atomic E-state index is 0.353. The van der Waals surface area contributed by atoms with Crippen LogP contribution in [0.15, 0.2) is 77.9 Å². The Morgan fingerprint density at radius 2 is 1.61 bits per heavy atom. The Morgan fingerprint density at radius 3 is 2.36 bits per heavy atom. The summed E-state index contributed by atoms with van der Waals surface area (Å²) in [5, 5.41) is 4.01. The monoisotopic (exact) mass is 376 g/mol. The van der Waals surface area contributed by atoms with E-state index in [1.165, 1.54) is 14.2 Å². The van der Waals surface area contributed by atoms with Crippen molar-refractivity contribution in [2.24, 2.45) is 5.10 Å². The molecule has 0 heterocycles. The molecule has 0 aliphatic rings. The van der Waals surface area contributed by atoms with Gasteiger partial charge in [-0.2, -0.15) is 5.10 Å². The van der Waals surface area contributed by atoms with Crippen molar-refractivity contribution in [3.05, 3.63) is 83.9 Å². The van der Waals surface area contributed by atoms with Crippen LogP contribution >= 0.6 is 0 Å². The van der Waals surface area contributed by atoms with E-state index in [0.29, 0.717) is 22.8 Å². The number of carbonyl (C=O) groups is 1. The molecule has 6 nitrogen and oxygen atoms in total. The van der Waals surface area contributed by atoms with Gasteiger partial charge in [0.1, 0.15) is 11.5 Å². The highest BCUT2D eigenvalue weighted by molar-refractivity contribution is 5.95. The Labute approximate surface area is 163 Å². The van der Waals surface area contributed by atoms with Crippen molar-refractivity contribution >= 4 is 12.1 Å². The van der Waals surface area contributed by atoms with Gasteiger partial charge in [-0.1, -0.05) is 30.3 Å². The van der Waals surface area contributed by atoms with Gasteiger partial charge in [0.2, 0.25) is 0 Å². The molecular weight excluding hydrogens is 356 g/mol. The van der Waals surface area contributed by atoms with Crippen molar-refractivity contribution in [3.8, 4) is 23.0 Å². The Bertz CT molecular complexity index is 971. The zero-order valence-electron chi connectivity index (χ0n) is 15.6. The number of hydrogen-bond donors (Lipinski definition) is 1. The molecular formula is C22H20N2O4. The molecule has 0 spiro atoms. The fraction of sp³-hybridized carbons (Fsp3) is 0.0909.